The Labute approximate surface area is 364 Å². The Balaban J connectivity index is 0.000000190. The molecule has 63 heavy (non-hydrogen) atoms. The van der Waals surface area contributed by atoms with Gasteiger partial charge in [-0.2, -0.15) is 10.5 Å². The molecular formula is C52H42F2N6O3. The average Bonchev–Trinajstić information content (AvgIpc) is 3.90. The molecule has 0 atom stereocenters. The van der Waals surface area contributed by atoms with Crippen molar-refractivity contribution >= 4 is 5.97 Å². The van der Waals surface area contributed by atoms with Crippen LogP contribution >= 0.6 is 0 Å². The summed E-state index contributed by atoms with van der Waals surface area (Å²) >= 11 is 0. The lowest BCUT2D eigenvalue weighted by Gasteiger charge is -2.13. The number of nitrogens with zero attached hydrogens (tertiary/aromatic N) is 6. The number of aromatic carboxylic acids is 1. The second-order valence-corrected chi connectivity index (χ2v) is 14.8. The number of aromatic nitrogens is 4. The number of carboxylic acids is 1. The molecule has 2 heterocycles. The van der Waals surface area contributed by atoms with E-state index in [1.165, 1.54) is 42.7 Å². The van der Waals surface area contributed by atoms with E-state index in [0.717, 1.165) is 69.7 Å². The molecule has 0 saturated heterocycles. The van der Waals surface area contributed by atoms with E-state index < -0.39 is 11.8 Å². The molecule has 2 aromatic heterocycles. The molecule has 8 rings (SSSR count). The minimum absolute atomic E-state index is 0.0421. The van der Waals surface area contributed by atoms with E-state index in [0.29, 0.717) is 41.2 Å². The summed E-state index contributed by atoms with van der Waals surface area (Å²) in [5.41, 5.74) is 9.95. The van der Waals surface area contributed by atoms with Gasteiger partial charge in [-0.15, -0.1) is 0 Å². The highest BCUT2D eigenvalue weighted by Gasteiger charge is 2.21. The summed E-state index contributed by atoms with van der Waals surface area (Å²) in [7, 11) is 0. The van der Waals surface area contributed by atoms with Crippen LogP contribution in [0.5, 0.6) is 0 Å². The van der Waals surface area contributed by atoms with Crippen LogP contribution in [0.2, 0.25) is 0 Å². The van der Waals surface area contributed by atoms with Gasteiger partial charge in [-0.3, -0.25) is 0 Å². The molecule has 0 spiro atoms. The van der Waals surface area contributed by atoms with E-state index in [-0.39, 0.29) is 18.1 Å². The molecule has 0 amide bonds. The third kappa shape index (κ3) is 9.98. The largest absolute Gasteiger partial charge is 0.477 e. The number of aliphatic hydroxyl groups is 1. The summed E-state index contributed by atoms with van der Waals surface area (Å²) in [5.74, 6) is -0.883. The van der Waals surface area contributed by atoms with Crippen molar-refractivity contribution in [3.63, 3.8) is 0 Å². The van der Waals surface area contributed by atoms with E-state index in [1.807, 2.05) is 91.0 Å². The summed E-state index contributed by atoms with van der Waals surface area (Å²) in [6.45, 7) is 2.87. The second-order valence-electron chi connectivity index (χ2n) is 14.8. The SMILES string of the molecule is CCCCc1nc(-c2ccc(F)cc2)c(CO)n1Cc1ccc(-c2ccccc2C#N)cc1.N#Cc1ccccc1-c1ccc(Cn2cnc(-c3ccc(F)cc3)c2C(=O)O)cc1. The van der Waals surface area contributed by atoms with E-state index in [2.05, 4.69) is 28.6 Å². The lowest BCUT2D eigenvalue weighted by molar-refractivity contribution is 0.0686. The fraction of sp³-hybridized carbons (Fsp3) is 0.135. The quantitative estimate of drug-likeness (QED) is 0.118. The maximum Gasteiger partial charge on any atom is 0.354 e. The highest BCUT2D eigenvalue weighted by molar-refractivity contribution is 5.93. The van der Waals surface area contributed by atoms with Gasteiger partial charge in [0.2, 0.25) is 0 Å². The first kappa shape index (κ1) is 43.1. The van der Waals surface area contributed by atoms with Crippen LogP contribution in [0.15, 0.2) is 152 Å². The zero-order valence-electron chi connectivity index (χ0n) is 34.4. The van der Waals surface area contributed by atoms with Crippen molar-refractivity contribution in [2.75, 3.05) is 0 Å². The van der Waals surface area contributed by atoms with Crippen molar-refractivity contribution in [1.29, 1.82) is 10.5 Å². The second kappa shape index (κ2) is 20.0. The molecule has 8 aromatic rings. The average molecular weight is 837 g/mol. The van der Waals surface area contributed by atoms with Crippen LogP contribution in [0.25, 0.3) is 44.8 Å². The Morgan fingerprint density at radius 2 is 1.13 bits per heavy atom. The minimum Gasteiger partial charge on any atom is -0.477 e. The number of rotatable bonds is 13. The van der Waals surface area contributed by atoms with Crippen molar-refractivity contribution < 1.29 is 23.8 Å². The first-order valence-corrected chi connectivity index (χ1v) is 20.4. The molecule has 9 nitrogen and oxygen atoms in total. The van der Waals surface area contributed by atoms with E-state index in [4.69, 9.17) is 4.98 Å². The molecule has 0 bridgehead atoms. The monoisotopic (exact) mass is 836 g/mol. The van der Waals surface area contributed by atoms with E-state index >= 15 is 0 Å². The number of unbranched alkanes of at least 4 members (excludes halogenated alkanes) is 1. The standard InChI is InChI=1S/C28H26FN3O.C24H16FN3O2/c1-2-3-8-27-31-28(22-13-15-24(29)16-14-22)26(19-33)32(27)18-20-9-11-21(12-10-20)25-7-5-4-6-23(25)17-30;25-20-11-9-18(10-12-20)22-23(24(29)30)28(15-27-22)14-16-5-7-17(8-6-16)21-4-2-1-3-19(21)13-26/h4-7,9-16,33H,2-3,8,18-19H2,1H3;1-12,15H,14H2,(H,29,30). The smallest absolute Gasteiger partial charge is 0.354 e. The molecule has 0 saturated carbocycles. The fourth-order valence-corrected chi connectivity index (χ4v) is 7.42. The number of aryl methyl sites for hydroxylation is 1. The third-order valence-corrected chi connectivity index (χ3v) is 10.6. The maximum absolute atomic E-state index is 13.4. The molecule has 6 aromatic carbocycles. The molecule has 0 unspecified atom stereocenters. The summed E-state index contributed by atoms with van der Waals surface area (Å²) in [5, 5.41) is 38.6. The summed E-state index contributed by atoms with van der Waals surface area (Å²) in [4.78, 5) is 21.0. The molecular weight excluding hydrogens is 795 g/mol. The summed E-state index contributed by atoms with van der Waals surface area (Å²) in [6.07, 6.45) is 4.31. The molecule has 0 aliphatic carbocycles. The Morgan fingerprint density at radius 1 is 0.651 bits per heavy atom. The Bertz CT molecular complexity index is 2930. The molecule has 0 aliphatic heterocycles. The van der Waals surface area contributed by atoms with Crippen molar-refractivity contribution in [2.24, 2.45) is 0 Å². The Hall–Kier alpha value is -7.99. The molecule has 2 N–H and O–H groups in total. The molecule has 11 heteroatoms. The molecule has 0 fully saturated rings. The van der Waals surface area contributed by atoms with Crippen LogP contribution in [0.1, 0.15) is 64.0 Å². The lowest BCUT2D eigenvalue weighted by atomic mass is 9.99. The van der Waals surface area contributed by atoms with E-state index in [9.17, 15) is 34.3 Å². The molecule has 0 radical (unpaired) electrons. The molecule has 0 aliphatic rings. The fourth-order valence-electron chi connectivity index (χ4n) is 7.42. The Kier molecular flexibility index (Phi) is 13.7. The van der Waals surface area contributed by atoms with Crippen LogP contribution in [-0.4, -0.2) is 35.3 Å². The maximum atomic E-state index is 13.4. The zero-order chi connectivity index (χ0) is 44.3. The van der Waals surface area contributed by atoms with Crippen molar-refractivity contribution in [3.8, 4) is 56.9 Å². The highest BCUT2D eigenvalue weighted by Crippen LogP contribution is 2.29. The predicted octanol–water partition coefficient (Wildman–Crippen LogP) is 11.1. The number of halogens is 2. The molecule has 312 valence electrons. The van der Waals surface area contributed by atoms with Gasteiger partial charge < -0.3 is 19.3 Å². The van der Waals surface area contributed by atoms with Gasteiger partial charge in [0.05, 0.1) is 47.6 Å². The first-order valence-electron chi connectivity index (χ1n) is 20.4. The highest BCUT2D eigenvalue weighted by atomic mass is 19.1. The van der Waals surface area contributed by atoms with Crippen molar-refractivity contribution in [2.45, 2.75) is 45.9 Å². The van der Waals surface area contributed by atoms with E-state index in [1.54, 1.807) is 22.8 Å². The number of hydrogen-bond donors (Lipinski definition) is 2. The summed E-state index contributed by atoms with van der Waals surface area (Å²) < 4.78 is 30.3. The van der Waals surface area contributed by atoms with Crippen LogP contribution < -0.4 is 0 Å². The van der Waals surface area contributed by atoms with Gasteiger partial charge in [-0.25, -0.2) is 23.5 Å². The van der Waals surface area contributed by atoms with Crippen molar-refractivity contribution in [3.05, 3.63) is 203 Å². The normalized spacial score (nSPS) is 10.7. The van der Waals surface area contributed by atoms with Gasteiger partial charge in [0.25, 0.3) is 0 Å². The van der Waals surface area contributed by atoms with Gasteiger partial charge in [0.15, 0.2) is 5.69 Å². The van der Waals surface area contributed by atoms with Crippen LogP contribution in [0.4, 0.5) is 8.78 Å². The van der Waals surface area contributed by atoms with Gasteiger partial charge in [0.1, 0.15) is 23.2 Å². The number of carbonyl (C=O) groups is 1. The van der Waals surface area contributed by atoms with Gasteiger partial charge >= 0.3 is 5.97 Å². The lowest BCUT2D eigenvalue weighted by Crippen LogP contribution is -2.10. The number of imidazole rings is 2. The first-order chi connectivity index (χ1) is 30.7. The number of benzene rings is 6. The number of hydrogen-bond acceptors (Lipinski definition) is 6. The number of nitriles is 2. The van der Waals surface area contributed by atoms with Crippen LogP contribution in [0, 0.1) is 34.3 Å². The number of aliphatic hydroxyl groups excluding tert-OH is 1. The van der Waals surface area contributed by atoms with Crippen molar-refractivity contribution in [1.82, 2.24) is 19.1 Å². The summed E-state index contributed by atoms with van der Waals surface area (Å²) in [6, 6.07) is 46.9. The zero-order valence-corrected chi connectivity index (χ0v) is 34.4. The number of carboxylic acid groups (broad SMARTS) is 1. The Morgan fingerprint density at radius 3 is 1.60 bits per heavy atom. The predicted molar refractivity (Wildman–Crippen MR) is 238 cm³/mol. The van der Waals surface area contributed by atoms with Crippen LogP contribution in [0.3, 0.4) is 0 Å². The van der Waals surface area contributed by atoms with Crippen LogP contribution in [-0.2, 0) is 26.1 Å². The minimum atomic E-state index is -1.11. The topological polar surface area (TPSA) is 141 Å². The van der Waals surface area contributed by atoms with Gasteiger partial charge in [-0.1, -0.05) is 98.3 Å². The van der Waals surface area contributed by atoms with Gasteiger partial charge in [0, 0.05) is 30.6 Å². The van der Waals surface area contributed by atoms with Gasteiger partial charge in [-0.05, 0) is 100 Å². The third-order valence-electron chi connectivity index (χ3n) is 10.6.